The highest BCUT2D eigenvalue weighted by atomic mass is 32.1. The SMILES string of the molecule is CC(C)CCOC(C)C(=O)N1CCN(Cc2nc3sc4c(c3c(=O)[nH]2)CCCC4)CC1. The van der Waals surface area contributed by atoms with Crippen LogP contribution in [0.1, 0.15) is 56.3 Å². The predicted molar refractivity (Wildman–Crippen MR) is 124 cm³/mol. The highest BCUT2D eigenvalue weighted by Gasteiger charge is 2.26. The van der Waals surface area contributed by atoms with Gasteiger partial charge in [0.2, 0.25) is 0 Å². The Hall–Kier alpha value is -1.77. The molecule has 0 saturated carbocycles. The Balaban J connectivity index is 1.33. The lowest BCUT2D eigenvalue weighted by molar-refractivity contribution is -0.144. The molecule has 3 heterocycles. The Labute approximate surface area is 187 Å². The molecule has 1 atom stereocenters. The summed E-state index contributed by atoms with van der Waals surface area (Å²) in [4.78, 5) is 39.6. The molecule has 1 unspecified atom stereocenters. The molecule has 4 rings (SSSR count). The molecule has 7 nitrogen and oxygen atoms in total. The number of nitrogens with zero attached hydrogens (tertiary/aromatic N) is 3. The van der Waals surface area contributed by atoms with Crippen LogP contribution < -0.4 is 5.56 Å². The zero-order chi connectivity index (χ0) is 22.0. The van der Waals surface area contributed by atoms with E-state index in [0.717, 1.165) is 54.8 Å². The smallest absolute Gasteiger partial charge is 0.259 e. The number of amides is 1. The van der Waals surface area contributed by atoms with E-state index in [9.17, 15) is 9.59 Å². The second-order valence-electron chi connectivity index (χ2n) is 9.20. The molecule has 2 aromatic heterocycles. The van der Waals surface area contributed by atoms with Gasteiger partial charge in [-0.3, -0.25) is 14.5 Å². The molecular weight excluding hydrogens is 412 g/mol. The van der Waals surface area contributed by atoms with Crippen LogP contribution in [0, 0.1) is 5.92 Å². The summed E-state index contributed by atoms with van der Waals surface area (Å²) in [5, 5.41) is 0.810. The number of nitrogens with one attached hydrogen (secondary N) is 1. The first-order chi connectivity index (χ1) is 14.9. The Morgan fingerprint density at radius 1 is 1.16 bits per heavy atom. The lowest BCUT2D eigenvalue weighted by atomic mass is 9.97. The zero-order valence-electron chi connectivity index (χ0n) is 18.9. The van der Waals surface area contributed by atoms with E-state index < -0.39 is 6.10 Å². The molecule has 1 N–H and O–H groups in total. The molecule has 1 amide bonds. The van der Waals surface area contributed by atoms with Gasteiger partial charge >= 0.3 is 0 Å². The molecule has 2 aliphatic rings. The monoisotopic (exact) mass is 446 g/mol. The van der Waals surface area contributed by atoms with Gasteiger partial charge in [0.15, 0.2) is 0 Å². The highest BCUT2D eigenvalue weighted by Crippen LogP contribution is 2.33. The van der Waals surface area contributed by atoms with E-state index in [1.54, 1.807) is 11.3 Å². The average molecular weight is 447 g/mol. The van der Waals surface area contributed by atoms with Gasteiger partial charge in [0, 0.05) is 37.7 Å². The van der Waals surface area contributed by atoms with E-state index in [0.29, 0.717) is 32.2 Å². The number of fused-ring (bicyclic) bond motifs is 3. The number of H-pyrrole nitrogens is 1. The van der Waals surface area contributed by atoms with Crippen molar-refractivity contribution in [3.05, 3.63) is 26.6 Å². The summed E-state index contributed by atoms with van der Waals surface area (Å²) in [5.74, 6) is 1.37. The van der Waals surface area contributed by atoms with Crippen molar-refractivity contribution in [3.63, 3.8) is 0 Å². The molecule has 0 aromatic carbocycles. The first-order valence-corrected chi connectivity index (χ1v) is 12.4. The number of hydrogen-bond acceptors (Lipinski definition) is 6. The molecule has 0 radical (unpaired) electrons. The molecule has 31 heavy (non-hydrogen) atoms. The number of thiophene rings is 1. The summed E-state index contributed by atoms with van der Waals surface area (Å²) in [6, 6.07) is 0. The van der Waals surface area contributed by atoms with E-state index >= 15 is 0 Å². The second kappa shape index (κ2) is 9.79. The number of carbonyl (C=O) groups is 1. The Morgan fingerprint density at radius 2 is 1.90 bits per heavy atom. The van der Waals surface area contributed by atoms with Gasteiger partial charge in [-0.25, -0.2) is 4.98 Å². The normalized spacial score (nSPS) is 18.5. The Bertz CT molecular complexity index is 975. The number of piperazine rings is 1. The number of ether oxygens (including phenoxy) is 1. The van der Waals surface area contributed by atoms with Gasteiger partial charge < -0.3 is 14.6 Å². The number of aromatic nitrogens is 2. The molecule has 2 aromatic rings. The summed E-state index contributed by atoms with van der Waals surface area (Å²) >= 11 is 1.69. The van der Waals surface area contributed by atoms with Gasteiger partial charge in [-0.1, -0.05) is 13.8 Å². The van der Waals surface area contributed by atoms with Crippen LogP contribution in [0.25, 0.3) is 10.2 Å². The van der Waals surface area contributed by atoms with E-state index in [4.69, 9.17) is 9.72 Å². The molecule has 1 saturated heterocycles. The third-order valence-electron chi connectivity index (χ3n) is 6.34. The van der Waals surface area contributed by atoms with Crippen LogP contribution in [0.3, 0.4) is 0 Å². The maximum absolute atomic E-state index is 12.7. The minimum absolute atomic E-state index is 0.000542. The van der Waals surface area contributed by atoms with Crippen LogP contribution in [0.15, 0.2) is 4.79 Å². The minimum atomic E-state index is -0.393. The molecule has 1 aliphatic heterocycles. The van der Waals surface area contributed by atoms with E-state index in [-0.39, 0.29) is 11.5 Å². The lowest BCUT2D eigenvalue weighted by Gasteiger charge is -2.35. The van der Waals surface area contributed by atoms with E-state index in [2.05, 4.69) is 23.7 Å². The highest BCUT2D eigenvalue weighted by molar-refractivity contribution is 7.18. The van der Waals surface area contributed by atoms with Gasteiger partial charge in [0.25, 0.3) is 11.5 Å². The van der Waals surface area contributed by atoms with Crippen molar-refractivity contribution in [1.29, 1.82) is 0 Å². The molecule has 170 valence electrons. The molecule has 1 fully saturated rings. The van der Waals surface area contributed by atoms with Gasteiger partial charge in [-0.05, 0) is 50.5 Å². The fourth-order valence-corrected chi connectivity index (χ4v) is 5.71. The quantitative estimate of drug-likeness (QED) is 0.707. The zero-order valence-corrected chi connectivity index (χ0v) is 19.7. The standard InChI is InChI=1S/C23H34N4O3S/c1-15(2)8-13-30-16(3)23(29)27-11-9-26(10-12-27)14-19-24-21(28)20-17-6-4-5-7-18(17)31-22(20)25-19/h15-16H,4-14H2,1-3H3,(H,24,25,28). The van der Waals surface area contributed by atoms with Gasteiger partial charge in [-0.15, -0.1) is 11.3 Å². The third-order valence-corrected chi connectivity index (χ3v) is 7.53. The van der Waals surface area contributed by atoms with Crippen molar-refractivity contribution in [2.75, 3.05) is 32.8 Å². The molecular formula is C23H34N4O3S. The molecule has 0 spiro atoms. The first-order valence-electron chi connectivity index (χ1n) is 11.6. The largest absolute Gasteiger partial charge is 0.369 e. The van der Waals surface area contributed by atoms with Crippen LogP contribution in [-0.2, 0) is 28.9 Å². The number of carbonyl (C=O) groups excluding carboxylic acids is 1. The number of aromatic amines is 1. The van der Waals surface area contributed by atoms with Crippen molar-refractivity contribution in [2.24, 2.45) is 5.92 Å². The molecule has 0 bridgehead atoms. The second-order valence-corrected chi connectivity index (χ2v) is 10.3. The van der Waals surface area contributed by atoms with Gasteiger partial charge in [0.1, 0.15) is 16.8 Å². The minimum Gasteiger partial charge on any atom is -0.369 e. The summed E-state index contributed by atoms with van der Waals surface area (Å²) < 4.78 is 5.73. The van der Waals surface area contributed by atoms with Crippen LogP contribution >= 0.6 is 11.3 Å². The van der Waals surface area contributed by atoms with Gasteiger partial charge in [0.05, 0.1) is 11.9 Å². The topological polar surface area (TPSA) is 78.5 Å². The van der Waals surface area contributed by atoms with Crippen LogP contribution in [0.5, 0.6) is 0 Å². The average Bonchev–Trinajstić information content (AvgIpc) is 3.12. The summed E-state index contributed by atoms with van der Waals surface area (Å²) in [6.07, 6.45) is 5.00. The summed E-state index contributed by atoms with van der Waals surface area (Å²) in [7, 11) is 0. The maximum atomic E-state index is 12.7. The van der Waals surface area contributed by atoms with Gasteiger partial charge in [-0.2, -0.15) is 0 Å². The number of rotatable bonds is 7. The predicted octanol–water partition coefficient (Wildman–Crippen LogP) is 2.96. The summed E-state index contributed by atoms with van der Waals surface area (Å²) in [6.45, 7) is 10.3. The van der Waals surface area contributed by atoms with Crippen molar-refractivity contribution in [1.82, 2.24) is 19.8 Å². The van der Waals surface area contributed by atoms with Crippen LogP contribution in [-0.4, -0.2) is 64.6 Å². The Morgan fingerprint density at radius 3 is 2.65 bits per heavy atom. The van der Waals surface area contributed by atoms with E-state index in [1.807, 2.05) is 11.8 Å². The van der Waals surface area contributed by atoms with Crippen molar-refractivity contribution in [3.8, 4) is 0 Å². The van der Waals surface area contributed by atoms with E-state index in [1.165, 1.54) is 16.9 Å². The fourth-order valence-electron chi connectivity index (χ4n) is 4.43. The van der Waals surface area contributed by atoms with Crippen molar-refractivity contribution < 1.29 is 9.53 Å². The lowest BCUT2D eigenvalue weighted by Crippen LogP contribution is -2.51. The summed E-state index contributed by atoms with van der Waals surface area (Å²) in [5.41, 5.74) is 1.23. The van der Waals surface area contributed by atoms with Crippen LogP contribution in [0.4, 0.5) is 0 Å². The van der Waals surface area contributed by atoms with Crippen molar-refractivity contribution >= 4 is 27.5 Å². The number of hydrogen-bond donors (Lipinski definition) is 1. The molecule has 8 heteroatoms. The van der Waals surface area contributed by atoms with Crippen molar-refractivity contribution in [2.45, 2.75) is 65.5 Å². The number of aryl methyl sites for hydroxylation is 2. The maximum Gasteiger partial charge on any atom is 0.259 e. The van der Waals surface area contributed by atoms with Crippen LogP contribution in [0.2, 0.25) is 0 Å². The third kappa shape index (κ3) is 5.18. The fraction of sp³-hybridized carbons (Fsp3) is 0.696. The Kier molecular flexibility index (Phi) is 7.08. The molecule has 1 aliphatic carbocycles. The first kappa shape index (κ1) is 22.4.